The minimum Gasteiger partial charge on any atom is -0.319 e. The van der Waals surface area contributed by atoms with Gasteiger partial charge in [0.25, 0.3) is 0 Å². The number of nitrogens with zero attached hydrogens (tertiary/aromatic N) is 1. The van der Waals surface area contributed by atoms with Crippen LogP contribution in [-0.4, -0.2) is 22.9 Å². The van der Waals surface area contributed by atoms with Crippen molar-refractivity contribution in [3.05, 3.63) is 35.4 Å². The smallest absolute Gasteiger partial charge is 0.241 e. The van der Waals surface area contributed by atoms with Gasteiger partial charge in [-0.05, 0) is 37.3 Å². The van der Waals surface area contributed by atoms with Crippen molar-refractivity contribution in [1.29, 1.82) is 0 Å². The van der Waals surface area contributed by atoms with Gasteiger partial charge in [0.2, 0.25) is 5.91 Å². The van der Waals surface area contributed by atoms with Crippen LogP contribution in [0.25, 0.3) is 0 Å². The van der Waals surface area contributed by atoms with Crippen molar-refractivity contribution < 1.29 is 4.79 Å². The zero-order valence-electron chi connectivity index (χ0n) is 13.1. The average Bonchev–Trinajstić information content (AvgIpc) is 3.09. The van der Waals surface area contributed by atoms with Crippen LogP contribution in [0.2, 0.25) is 0 Å². The van der Waals surface area contributed by atoms with Gasteiger partial charge in [0.15, 0.2) is 0 Å². The molecule has 1 aromatic rings. The van der Waals surface area contributed by atoms with Crippen molar-refractivity contribution in [1.82, 2.24) is 10.2 Å². The Morgan fingerprint density at radius 3 is 2.62 bits per heavy atom. The number of hydrogen-bond donors (Lipinski definition) is 1. The van der Waals surface area contributed by atoms with Gasteiger partial charge in [-0.2, -0.15) is 0 Å². The van der Waals surface area contributed by atoms with E-state index in [9.17, 15) is 4.79 Å². The van der Waals surface area contributed by atoms with Crippen molar-refractivity contribution in [2.24, 2.45) is 0 Å². The van der Waals surface area contributed by atoms with Gasteiger partial charge in [0.1, 0.15) is 6.17 Å². The maximum absolute atomic E-state index is 12.8. The summed E-state index contributed by atoms with van der Waals surface area (Å²) in [5.74, 6) is 0.317. The Morgan fingerprint density at radius 2 is 1.95 bits per heavy atom. The van der Waals surface area contributed by atoms with Crippen molar-refractivity contribution in [3.8, 4) is 0 Å². The van der Waals surface area contributed by atoms with Crippen LogP contribution < -0.4 is 5.32 Å². The van der Waals surface area contributed by atoms with E-state index in [0.717, 1.165) is 25.7 Å². The topological polar surface area (TPSA) is 32.3 Å². The molecule has 0 spiro atoms. The van der Waals surface area contributed by atoms with Crippen LogP contribution >= 0.6 is 0 Å². The quantitative estimate of drug-likeness (QED) is 0.918. The first kappa shape index (κ1) is 14.6. The highest BCUT2D eigenvalue weighted by atomic mass is 16.2. The number of carbonyl (C=O) groups is 1. The third-order valence-corrected chi connectivity index (χ3v) is 4.97. The van der Waals surface area contributed by atoms with Crippen molar-refractivity contribution >= 4 is 5.91 Å². The summed E-state index contributed by atoms with van der Waals surface area (Å²) in [5, 5.41) is 3.60. The molecule has 1 saturated heterocycles. The molecule has 1 amide bonds. The molecule has 1 aliphatic carbocycles. The molecule has 0 aromatic heterocycles. The third-order valence-electron chi connectivity index (χ3n) is 4.97. The summed E-state index contributed by atoms with van der Waals surface area (Å²) < 4.78 is 0. The number of amides is 1. The van der Waals surface area contributed by atoms with Gasteiger partial charge in [0, 0.05) is 6.04 Å². The van der Waals surface area contributed by atoms with Gasteiger partial charge in [-0.1, -0.05) is 50.5 Å². The predicted molar refractivity (Wildman–Crippen MR) is 84.9 cm³/mol. The number of aryl methyl sites for hydroxylation is 1. The fourth-order valence-electron chi connectivity index (χ4n) is 3.85. The van der Waals surface area contributed by atoms with E-state index in [0.29, 0.717) is 11.9 Å². The number of hydrogen-bond acceptors (Lipinski definition) is 2. The molecule has 3 rings (SSSR count). The minimum absolute atomic E-state index is 0.000191. The molecular weight excluding hydrogens is 260 g/mol. The van der Waals surface area contributed by atoms with Crippen LogP contribution in [0, 0.1) is 6.92 Å². The molecule has 1 saturated carbocycles. The molecule has 2 fully saturated rings. The predicted octanol–water partition coefficient (Wildman–Crippen LogP) is 3.54. The summed E-state index contributed by atoms with van der Waals surface area (Å²) in [6, 6.07) is 8.88. The molecule has 2 unspecified atom stereocenters. The normalized spacial score (nSPS) is 26.8. The lowest BCUT2D eigenvalue weighted by atomic mass is 10.0. The minimum atomic E-state index is 0.000191. The molecule has 1 aromatic carbocycles. The van der Waals surface area contributed by atoms with Crippen LogP contribution in [0.4, 0.5) is 0 Å². The SMILES string of the molecule is CCCC1NC(c2ccccc2C)N(C2CCCC2)C1=O. The van der Waals surface area contributed by atoms with E-state index < -0.39 is 0 Å². The molecule has 3 heteroatoms. The molecule has 2 atom stereocenters. The Balaban J connectivity index is 1.92. The number of rotatable bonds is 4. The highest BCUT2D eigenvalue weighted by molar-refractivity contribution is 5.85. The zero-order chi connectivity index (χ0) is 14.8. The molecule has 0 radical (unpaired) electrons. The summed E-state index contributed by atoms with van der Waals surface area (Å²) in [6.45, 7) is 4.29. The highest BCUT2D eigenvalue weighted by Crippen LogP contribution is 2.35. The van der Waals surface area contributed by atoms with Gasteiger partial charge in [-0.3, -0.25) is 10.1 Å². The molecule has 2 aliphatic rings. The van der Waals surface area contributed by atoms with Crippen LogP contribution in [0.3, 0.4) is 0 Å². The van der Waals surface area contributed by atoms with Crippen LogP contribution in [-0.2, 0) is 4.79 Å². The molecule has 1 heterocycles. The van der Waals surface area contributed by atoms with Crippen LogP contribution in [0.5, 0.6) is 0 Å². The molecule has 0 bridgehead atoms. The third kappa shape index (κ3) is 2.71. The Hall–Kier alpha value is -1.35. The summed E-state index contributed by atoms with van der Waals surface area (Å²) in [4.78, 5) is 15.0. The first-order valence-corrected chi connectivity index (χ1v) is 8.36. The Bertz CT molecular complexity index is 508. The zero-order valence-corrected chi connectivity index (χ0v) is 13.1. The molecule has 3 nitrogen and oxygen atoms in total. The monoisotopic (exact) mass is 286 g/mol. The van der Waals surface area contributed by atoms with Crippen molar-refractivity contribution in [2.45, 2.75) is 70.6 Å². The number of benzene rings is 1. The summed E-state index contributed by atoms with van der Waals surface area (Å²) in [6.07, 6.45) is 6.88. The number of nitrogens with one attached hydrogen (secondary N) is 1. The molecule has 1 N–H and O–H groups in total. The lowest BCUT2D eigenvalue weighted by Crippen LogP contribution is -2.38. The van der Waals surface area contributed by atoms with E-state index in [4.69, 9.17) is 0 Å². The second kappa shape index (κ2) is 6.18. The van der Waals surface area contributed by atoms with E-state index in [1.807, 2.05) is 0 Å². The second-order valence-corrected chi connectivity index (χ2v) is 6.45. The lowest BCUT2D eigenvalue weighted by molar-refractivity contribution is -0.132. The molecule has 114 valence electrons. The molecule has 1 aliphatic heterocycles. The fraction of sp³-hybridized carbons (Fsp3) is 0.611. The van der Waals surface area contributed by atoms with E-state index in [2.05, 4.69) is 48.3 Å². The van der Waals surface area contributed by atoms with Crippen LogP contribution in [0.15, 0.2) is 24.3 Å². The molecular formula is C18H26N2O. The standard InChI is InChI=1S/C18H26N2O/c1-3-8-16-18(21)20(14-10-5-6-11-14)17(19-16)15-12-7-4-9-13(15)2/h4,7,9,12,14,16-17,19H,3,5-6,8,10-11H2,1-2H3. The summed E-state index contributed by atoms with van der Waals surface area (Å²) in [5.41, 5.74) is 2.53. The lowest BCUT2D eigenvalue weighted by Gasteiger charge is -2.31. The Kier molecular flexibility index (Phi) is 4.29. The van der Waals surface area contributed by atoms with E-state index >= 15 is 0 Å². The van der Waals surface area contributed by atoms with E-state index in [-0.39, 0.29) is 12.2 Å². The van der Waals surface area contributed by atoms with E-state index in [1.54, 1.807) is 0 Å². The average molecular weight is 286 g/mol. The Morgan fingerprint density at radius 1 is 1.24 bits per heavy atom. The maximum Gasteiger partial charge on any atom is 0.241 e. The molecule has 21 heavy (non-hydrogen) atoms. The van der Waals surface area contributed by atoms with Crippen molar-refractivity contribution in [3.63, 3.8) is 0 Å². The Labute approximate surface area is 127 Å². The van der Waals surface area contributed by atoms with Gasteiger partial charge in [-0.25, -0.2) is 0 Å². The van der Waals surface area contributed by atoms with Gasteiger partial charge >= 0.3 is 0 Å². The highest BCUT2D eigenvalue weighted by Gasteiger charge is 2.43. The van der Waals surface area contributed by atoms with Crippen molar-refractivity contribution in [2.75, 3.05) is 0 Å². The summed E-state index contributed by atoms with van der Waals surface area (Å²) in [7, 11) is 0. The van der Waals surface area contributed by atoms with Gasteiger partial charge < -0.3 is 4.90 Å². The number of carbonyl (C=O) groups excluding carboxylic acids is 1. The fourth-order valence-corrected chi connectivity index (χ4v) is 3.85. The maximum atomic E-state index is 12.8. The van der Waals surface area contributed by atoms with E-state index in [1.165, 1.54) is 24.0 Å². The van der Waals surface area contributed by atoms with Gasteiger partial charge in [0.05, 0.1) is 6.04 Å². The van der Waals surface area contributed by atoms with Crippen LogP contribution in [0.1, 0.15) is 62.7 Å². The largest absolute Gasteiger partial charge is 0.319 e. The summed E-state index contributed by atoms with van der Waals surface area (Å²) >= 11 is 0. The first-order valence-electron chi connectivity index (χ1n) is 8.36. The first-order chi connectivity index (χ1) is 10.2. The second-order valence-electron chi connectivity index (χ2n) is 6.45. The van der Waals surface area contributed by atoms with Gasteiger partial charge in [-0.15, -0.1) is 0 Å².